The fourth-order valence-electron chi connectivity index (χ4n) is 3.08. The van der Waals surface area contributed by atoms with E-state index in [2.05, 4.69) is 9.82 Å². The molecule has 0 spiro atoms. The third kappa shape index (κ3) is 4.13. The topological polar surface area (TPSA) is 101 Å². The van der Waals surface area contributed by atoms with E-state index in [1.807, 2.05) is 24.3 Å². The number of sulfonamides is 1. The first-order chi connectivity index (χ1) is 14.5. The molecule has 9 nitrogen and oxygen atoms in total. The molecule has 30 heavy (non-hydrogen) atoms. The Hall–Kier alpha value is -3.40. The van der Waals surface area contributed by atoms with Crippen molar-refractivity contribution in [3.8, 4) is 23.0 Å². The number of hydrogen-bond acceptors (Lipinski definition) is 7. The smallest absolute Gasteiger partial charge is 0.265 e. The Morgan fingerprint density at radius 1 is 1.17 bits per heavy atom. The zero-order valence-electron chi connectivity index (χ0n) is 16.4. The van der Waals surface area contributed by atoms with E-state index in [-0.39, 0.29) is 16.7 Å². The highest BCUT2D eigenvalue weighted by Gasteiger charge is 2.23. The Morgan fingerprint density at radius 2 is 1.97 bits per heavy atom. The molecule has 0 saturated heterocycles. The highest BCUT2D eigenvalue weighted by Crippen LogP contribution is 2.32. The van der Waals surface area contributed by atoms with Gasteiger partial charge in [0, 0.05) is 12.3 Å². The molecule has 4 rings (SSSR count). The van der Waals surface area contributed by atoms with Crippen molar-refractivity contribution in [2.24, 2.45) is 0 Å². The second-order valence-electron chi connectivity index (χ2n) is 6.57. The maximum absolute atomic E-state index is 12.9. The summed E-state index contributed by atoms with van der Waals surface area (Å²) in [5, 5.41) is 4.22. The van der Waals surface area contributed by atoms with Gasteiger partial charge in [0.15, 0.2) is 17.6 Å². The zero-order chi connectivity index (χ0) is 21.1. The number of nitrogens with zero attached hydrogens (tertiary/aromatic N) is 2. The van der Waals surface area contributed by atoms with Crippen molar-refractivity contribution in [2.45, 2.75) is 17.5 Å². The molecule has 1 atom stereocenters. The van der Waals surface area contributed by atoms with Gasteiger partial charge in [-0.3, -0.25) is 9.40 Å². The molecular formula is C20H21N3O6S. The lowest BCUT2D eigenvalue weighted by atomic mass is 10.2. The van der Waals surface area contributed by atoms with Crippen LogP contribution >= 0.6 is 0 Å². The molecule has 0 radical (unpaired) electrons. The van der Waals surface area contributed by atoms with E-state index in [1.54, 1.807) is 16.9 Å². The minimum absolute atomic E-state index is 0.0299. The first-order valence-corrected chi connectivity index (χ1v) is 10.6. The number of benzene rings is 2. The van der Waals surface area contributed by atoms with E-state index >= 15 is 0 Å². The van der Waals surface area contributed by atoms with Crippen LogP contribution in [0.2, 0.25) is 0 Å². The normalized spacial score (nSPS) is 15.5. The predicted octanol–water partition coefficient (Wildman–Crippen LogP) is 2.54. The molecule has 0 fully saturated rings. The van der Waals surface area contributed by atoms with Crippen molar-refractivity contribution in [3.63, 3.8) is 0 Å². The Labute approximate surface area is 174 Å². The Bertz CT molecular complexity index is 1140. The molecule has 0 saturated carbocycles. The lowest BCUT2D eigenvalue weighted by Gasteiger charge is -2.26. The number of anilines is 1. The lowest BCUT2D eigenvalue weighted by molar-refractivity contribution is 0.0759. The van der Waals surface area contributed by atoms with Crippen LogP contribution in [0.4, 0.5) is 5.69 Å². The van der Waals surface area contributed by atoms with Crippen molar-refractivity contribution in [1.82, 2.24) is 9.78 Å². The summed E-state index contributed by atoms with van der Waals surface area (Å²) in [6.07, 6.45) is 2.78. The molecule has 10 heteroatoms. The van der Waals surface area contributed by atoms with Crippen molar-refractivity contribution in [3.05, 3.63) is 54.9 Å². The standard InChI is InChI=1S/C20H21N3O6S/c1-26-15-7-8-19(27-2)20(9-15)30(24,25)22-14-10-21-23(11-14)12-16-13-28-17-5-3-4-6-18(17)29-16/h3-11,16,22H,12-13H2,1-2H3. The third-order valence-corrected chi connectivity index (χ3v) is 5.91. The minimum atomic E-state index is -3.91. The van der Waals surface area contributed by atoms with Gasteiger partial charge in [-0.05, 0) is 24.3 Å². The molecule has 0 aliphatic carbocycles. The van der Waals surface area contributed by atoms with Gasteiger partial charge in [0.25, 0.3) is 10.0 Å². The van der Waals surface area contributed by atoms with Gasteiger partial charge < -0.3 is 18.9 Å². The van der Waals surface area contributed by atoms with Crippen LogP contribution < -0.4 is 23.7 Å². The molecule has 1 unspecified atom stereocenters. The van der Waals surface area contributed by atoms with Crippen LogP contribution in [-0.2, 0) is 16.6 Å². The second-order valence-corrected chi connectivity index (χ2v) is 8.22. The summed E-state index contributed by atoms with van der Waals surface area (Å²) in [7, 11) is -1.04. The van der Waals surface area contributed by atoms with E-state index in [9.17, 15) is 8.42 Å². The summed E-state index contributed by atoms with van der Waals surface area (Å²) in [5.41, 5.74) is 0.317. The molecule has 0 amide bonds. The quantitative estimate of drug-likeness (QED) is 0.613. The summed E-state index contributed by atoms with van der Waals surface area (Å²) in [6.45, 7) is 0.775. The molecule has 0 bridgehead atoms. The summed E-state index contributed by atoms with van der Waals surface area (Å²) >= 11 is 0. The molecule has 1 N–H and O–H groups in total. The van der Waals surface area contributed by atoms with Gasteiger partial charge in [-0.15, -0.1) is 0 Å². The maximum atomic E-state index is 12.9. The number of para-hydroxylation sites is 2. The molecule has 1 aromatic heterocycles. The largest absolute Gasteiger partial charge is 0.497 e. The monoisotopic (exact) mass is 431 g/mol. The fourth-order valence-corrected chi connectivity index (χ4v) is 4.30. The molecular weight excluding hydrogens is 410 g/mol. The second kappa shape index (κ2) is 8.15. The van der Waals surface area contributed by atoms with E-state index in [4.69, 9.17) is 18.9 Å². The number of aromatic nitrogens is 2. The average Bonchev–Trinajstić information content (AvgIpc) is 3.19. The van der Waals surface area contributed by atoms with E-state index < -0.39 is 10.0 Å². The van der Waals surface area contributed by atoms with Crippen LogP contribution in [0, 0.1) is 0 Å². The number of rotatable bonds is 7. The van der Waals surface area contributed by atoms with Crippen LogP contribution in [0.15, 0.2) is 59.8 Å². The van der Waals surface area contributed by atoms with E-state index in [1.165, 1.54) is 32.5 Å². The Balaban J connectivity index is 1.47. The highest BCUT2D eigenvalue weighted by molar-refractivity contribution is 7.92. The number of methoxy groups -OCH3 is 2. The van der Waals surface area contributed by atoms with Crippen molar-refractivity contribution < 1.29 is 27.4 Å². The number of nitrogens with one attached hydrogen (secondary N) is 1. The zero-order valence-corrected chi connectivity index (χ0v) is 17.3. The van der Waals surface area contributed by atoms with Crippen LogP contribution in [0.25, 0.3) is 0 Å². The van der Waals surface area contributed by atoms with Crippen LogP contribution in [-0.4, -0.2) is 45.1 Å². The number of hydrogen-bond donors (Lipinski definition) is 1. The third-order valence-electron chi connectivity index (χ3n) is 4.50. The summed E-state index contributed by atoms with van der Waals surface area (Å²) in [4.78, 5) is -0.0299. The lowest BCUT2D eigenvalue weighted by Crippen LogP contribution is -2.33. The van der Waals surface area contributed by atoms with Crippen LogP contribution in [0.3, 0.4) is 0 Å². The predicted molar refractivity (Wildman–Crippen MR) is 109 cm³/mol. The maximum Gasteiger partial charge on any atom is 0.265 e. The molecule has 2 aromatic carbocycles. The van der Waals surface area contributed by atoms with E-state index in [0.717, 1.165) is 0 Å². The van der Waals surface area contributed by atoms with Gasteiger partial charge in [-0.1, -0.05) is 12.1 Å². The van der Waals surface area contributed by atoms with Crippen LogP contribution in [0.1, 0.15) is 0 Å². The van der Waals surface area contributed by atoms with Gasteiger partial charge in [-0.25, -0.2) is 8.42 Å². The molecule has 158 valence electrons. The Kier molecular flexibility index (Phi) is 5.40. The first kappa shape index (κ1) is 19.9. The molecule has 3 aromatic rings. The summed E-state index contributed by atoms with van der Waals surface area (Å²) in [5.74, 6) is 1.99. The van der Waals surface area contributed by atoms with Gasteiger partial charge in [-0.2, -0.15) is 5.10 Å². The SMILES string of the molecule is COc1ccc(OC)c(S(=O)(=O)Nc2cnn(CC3COc4ccccc4O3)c2)c1. The van der Waals surface area contributed by atoms with Gasteiger partial charge in [0.1, 0.15) is 23.0 Å². The van der Waals surface area contributed by atoms with Crippen molar-refractivity contribution >= 4 is 15.7 Å². The van der Waals surface area contributed by atoms with Gasteiger partial charge in [0.05, 0.1) is 32.6 Å². The van der Waals surface area contributed by atoms with Gasteiger partial charge in [0.2, 0.25) is 0 Å². The van der Waals surface area contributed by atoms with Crippen molar-refractivity contribution in [2.75, 3.05) is 25.5 Å². The van der Waals surface area contributed by atoms with E-state index in [0.29, 0.717) is 36.1 Å². The number of ether oxygens (including phenoxy) is 4. The van der Waals surface area contributed by atoms with Crippen LogP contribution in [0.5, 0.6) is 23.0 Å². The minimum Gasteiger partial charge on any atom is -0.497 e. The van der Waals surface area contributed by atoms with Crippen molar-refractivity contribution in [1.29, 1.82) is 0 Å². The fraction of sp³-hybridized carbons (Fsp3) is 0.250. The Morgan fingerprint density at radius 3 is 2.73 bits per heavy atom. The molecule has 1 aliphatic heterocycles. The number of fused-ring (bicyclic) bond motifs is 1. The van der Waals surface area contributed by atoms with Gasteiger partial charge >= 0.3 is 0 Å². The summed E-state index contributed by atoms with van der Waals surface area (Å²) < 4.78 is 51.7. The average molecular weight is 431 g/mol. The first-order valence-electron chi connectivity index (χ1n) is 9.14. The summed E-state index contributed by atoms with van der Waals surface area (Å²) in [6, 6.07) is 12.0. The molecule has 1 aliphatic rings. The highest BCUT2D eigenvalue weighted by atomic mass is 32.2. The molecule has 2 heterocycles.